The average molecular weight is 410 g/mol. The molecule has 8 heteroatoms. The second-order valence-corrected chi connectivity index (χ2v) is 9.25. The monoisotopic (exact) mass is 409 g/mol. The lowest BCUT2D eigenvalue weighted by atomic mass is 10.2. The molecule has 0 spiro atoms. The van der Waals surface area contributed by atoms with Gasteiger partial charge in [0.2, 0.25) is 5.91 Å². The van der Waals surface area contributed by atoms with Gasteiger partial charge in [-0.3, -0.25) is 9.48 Å². The van der Waals surface area contributed by atoms with Gasteiger partial charge in [-0.25, -0.2) is 8.42 Å². The van der Waals surface area contributed by atoms with Gasteiger partial charge in [0.25, 0.3) is 0 Å². The number of carbonyl (C=O) groups excluding carboxylic acids is 1. The number of rotatable bonds is 7. The van der Waals surface area contributed by atoms with E-state index in [-0.39, 0.29) is 16.6 Å². The van der Waals surface area contributed by atoms with Gasteiger partial charge in [-0.1, -0.05) is 32.4 Å². The van der Waals surface area contributed by atoms with E-state index in [0.717, 1.165) is 5.69 Å². The molecule has 0 aliphatic heterocycles. The molecule has 0 radical (unpaired) electrons. The molecule has 0 atom stereocenters. The number of amides is 1. The molecular formula is C19H24ClN3O3S. The molecule has 146 valence electrons. The van der Waals surface area contributed by atoms with Gasteiger partial charge in [-0.2, -0.15) is 5.10 Å². The molecule has 0 unspecified atom stereocenters. The molecule has 2 aromatic rings. The number of halogens is 1. The van der Waals surface area contributed by atoms with Gasteiger partial charge >= 0.3 is 0 Å². The Balaban J connectivity index is 2.09. The highest BCUT2D eigenvalue weighted by Gasteiger charge is 2.13. The zero-order chi connectivity index (χ0) is 20.2. The summed E-state index contributed by atoms with van der Waals surface area (Å²) in [5, 5.41) is 7.59. The van der Waals surface area contributed by atoms with Crippen molar-refractivity contribution in [1.82, 2.24) is 9.78 Å². The smallest absolute Gasteiger partial charge is 0.248 e. The molecule has 0 saturated heterocycles. The number of hydrogen-bond donors (Lipinski definition) is 1. The van der Waals surface area contributed by atoms with E-state index in [2.05, 4.69) is 24.3 Å². The van der Waals surface area contributed by atoms with E-state index >= 15 is 0 Å². The Morgan fingerprint density at radius 3 is 2.48 bits per heavy atom. The second-order valence-electron chi connectivity index (χ2n) is 6.62. The molecular weight excluding hydrogens is 386 g/mol. The van der Waals surface area contributed by atoms with Crippen molar-refractivity contribution in [2.45, 2.75) is 39.1 Å². The number of aromatic nitrogens is 2. The van der Waals surface area contributed by atoms with Crippen LogP contribution in [0.25, 0.3) is 6.08 Å². The lowest BCUT2D eigenvalue weighted by Gasteiger charge is -2.06. The maximum Gasteiger partial charge on any atom is 0.248 e. The molecule has 0 aliphatic carbocycles. The molecule has 6 nitrogen and oxygen atoms in total. The first kappa shape index (κ1) is 21.2. The summed E-state index contributed by atoms with van der Waals surface area (Å²) in [7, 11) is -3.26. The number of hydrogen-bond acceptors (Lipinski definition) is 4. The molecule has 0 bridgehead atoms. The van der Waals surface area contributed by atoms with E-state index in [0.29, 0.717) is 28.9 Å². The number of carbonyl (C=O) groups is 1. The molecule has 0 aliphatic rings. The highest BCUT2D eigenvalue weighted by molar-refractivity contribution is 7.91. The number of sulfone groups is 1. The Morgan fingerprint density at radius 1 is 1.30 bits per heavy atom. The largest absolute Gasteiger partial charge is 0.323 e. The third-order valence-corrected chi connectivity index (χ3v) is 6.06. The van der Waals surface area contributed by atoms with Crippen molar-refractivity contribution in [2.24, 2.45) is 5.92 Å². The molecule has 1 N–H and O–H groups in total. The van der Waals surface area contributed by atoms with Crippen LogP contribution in [0.5, 0.6) is 0 Å². The van der Waals surface area contributed by atoms with Crippen LogP contribution in [0.1, 0.15) is 32.0 Å². The van der Waals surface area contributed by atoms with Crippen molar-refractivity contribution < 1.29 is 13.2 Å². The summed E-state index contributed by atoms with van der Waals surface area (Å²) in [5.41, 5.74) is 1.97. The van der Waals surface area contributed by atoms with Gasteiger partial charge in [0.1, 0.15) is 5.15 Å². The van der Waals surface area contributed by atoms with Crippen LogP contribution in [0.2, 0.25) is 5.15 Å². The van der Waals surface area contributed by atoms with Crippen LogP contribution in [0.4, 0.5) is 5.69 Å². The predicted octanol–water partition coefficient (Wildman–Crippen LogP) is 3.95. The summed E-state index contributed by atoms with van der Waals surface area (Å²) < 4.78 is 25.3. The van der Waals surface area contributed by atoms with Crippen LogP contribution in [0.15, 0.2) is 35.2 Å². The maximum absolute atomic E-state index is 12.1. The van der Waals surface area contributed by atoms with Crippen LogP contribution >= 0.6 is 11.6 Å². The van der Waals surface area contributed by atoms with Crippen molar-refractivity contribution in [3.8, 4) is 0 Å². The van der Waals surface area contributed by atoms with E-state index in [1.807, 2.05) is 6.92 Å². The first-order chi connectivity index (χ1) is 12.6. The van der Waals surface area contributed by atoms with E-state index in [1.54, 1.807) is 29.8 Å². The normalized spacial score (nSPS) is 12.1. The van der Waals surface area contributed by atoms with Gasteiger partial charge in [-0.15, -0.1) is 0 Å². The lowest BCUT2D eigenvalue weighted by molar-refractivity contribution is -0.111. The minimum atomic E-state index is -3.26. The fourth-order valence-corrected chi connectivity index (χ4v) is 3.67. The van der Waals surface area contributed by atoms with E-state index < -0.39 is 9.84 Å². The first-order valence-electron chi connectivity index (χ1n) is 8.68. The first-order valence-corrected chi connectivity index (χ1v) is 10.7. The van der Waals surface area contributed by atoms with E-state index in [4.69, 9.17) is 11.6 Å². The van der Waals surface area contributed by atoms with Gasteiger partial charge in [-0.05, 0) is 43.2 Å². The zero-order valence-corrected chi connectivity index (χ0v) is 17.4. The van der Waals surface area contributed by atoms with Gasteiger partial charge < -0.3 is 5.32 Å². The predicted molar refractivity (Wildman–Crippen MR) is 109 cm³/mol. The number of nitrogens with one attached hydrogen (secondary N) is 1. The molecule has 0 fully saturated rings. The Labute approximate surface area is 165 Å². The number of aryl methyl sites for hydroxylation is 1. The second kappa shape index (κ2) is 8.71. The molecule has 27 heavy (non-hydrogen) atoms. The van der Waals surface area contributed by atoms with E-state index in [9.17, 15) is 13.2 Å². The van der Waals surface area contributed by atoms with Crippen molar-refractivity contribution >= 4 is 39.1 Å². The zero-order valence-electron chi connectivity index (χ0n) is 15.9. The quantitative estimate of drug-likeness (QED) is 0.702. The summed E-state index contributed by atoms with van der Waals surface area (Å²) in [4.78, 5) is 12.4. The van der Waals surface area contributed by atoms with Crippen LogP contribution < -0.4 is 5.32 Å². The fourth-order valence-electron chi connectivity index (χ4n) is 2.48. The Hall–Kier alpha value is -2.12. The highest BCUT2D eigenvalue weighted by Crippen LogP contribution is 2.22. The Morgan fingerprint density at radius 2 is 1.93 bits per heavy atom. The molecule has 1 aromatic heterocycles. The molecule has 1 amide bonds. The van der Waals surface area contributed by atoms with E-state index in [1.165, 1.54) is 18.2 Å². The fraction of sp³-hybridized carbons (Fsp3) is 0.368. The average Bonchev–Trinajstić information content (AvgIpc) is 2.86. The van der Waals surface area contributed by atoms with Crippen molar-refractivity contribution in [3.63, 3.8) is 0 Å². The lowest BCUT2D eigenvalue weighted by Crippen LogP contribution is -2.08. The topological polar surface area (TPSA) is 81.1 Å². The number of benzene rings is 1. The summed E-state index contributed by atoms with van der Waals surface area (Å²) in [6.45, 7) is 8.28. The highest BCUT2D eigenvalue weighted by atomic mass is 35.5. The summed E-state index contributed by atoms with van der Waals surface area (Å²) in [6.07, 6.45) is 3.01. The third kappa shape index (κ3) is 5.43. The standard InChI is InChI=1S/C19H24ClN3O3S/c1-5-27(25,26)16-8-6-15(7-9-16)21-18(24)11-10-17-14(4)22-23(19(17)20)12-13(2)3/h6-11,13H,5,12H2,1-4H3,(H,21,24)/b11-10+. The van der Waals surface area contributed by atoms with Crippen LogP contribution in [0, 0.1) is 12.8 Å². The van der Waals surface area contributed by atoms with Crippen LogP contribution in [-0.2, 0) is 21.2 Å². The maximum atomic E-state index is 12.1. The van der Waals surface area contributed by atoms with Gasteiger partial charge in [0.15, 0.2) is 9.84 Å². The van der Waals surface area contributed by atoms with Crippen LogP contribution in [-0.4, -0.2) is 29.9 Å². The van der Waals surface area contributed by atoms with Crippen molar-refractivity contribution in [3.05, 3.63) is 46.8 Å². The minimum Gasteiger partial charge on any atom is -0.323 e. The molecule has 2 rings (SSSR count). The number of anilines is 1. The third-order valence-electron chi connectivity index (χ3n) is 3.91. The summed E-state index contributed by atoms with van der Waals surface area (Å²) in [6, 6.07) is 6.09. The summed E-state index contributed by atoms with van der Waals surface area (Å²) in [5.74, 6) is 0.0982. The minimum absolute atomic E-state index is 0.0338. The van der Waals surface area contributed by atoms with Crippen LogP contribution in [0.3, 0.4) is 0 Å². The number of nitrogens with zero attached hydrogens (tertiary/aromatic N) is 2. The molecule has 0 saturated carbocycles. The molecule has 1 heterocycles. The summed E-state index contributed by atoms with van der Waals surface area (Å²) >= 11 is 6.35. The molecule has 1 aromatic carbocycles. The Bertz CT molecular complexity index is 945. The van der Waals surface area contributed by atoms with Gasteiger partial charge in [0.05, 0.1) is 16.3 Å². The Kier molecular flexibility index (Phi) is 6.84. The van der Waals surface area contributed by atoms with Crippen molar-refractivity contribution in [2.75, 3.05) is 11.1 Å². The van der Waals surface area contributed by atoms with Gasteiger partial charge in [0, 0.05) is 23.9 Å². The SMILES string of the molecule is CCS(=O)(=O)c1ccc(NC(=O)/C=C/c2c(C)nn(CC(C)C)c2Cl)cc1. The van der Waals surface area contributed by atoms with Crippen molar-refractivity contribution in [1.29, 1.82) is 0 Å².